The van der Waals surface area contributed by atoms with Crippen molar-refractivity contribution in [3.8, 4) is 34.5 Å². The van der Waals surface area contributed by atoms with Crippen LogP contribution in [-0.2, 0) is 33.3 Å². The number of halogens is 6. The van der Waals surface area contributed by atoms with Gasteiger partial charge in [-0.05, 0) is 175 Å². The molecule has 14 rings (SSSR count). The minimum absolute atomic E-state index is 0.0672. The predicted molar refractivity (Wildman–Crippen MR) is 307 cm³/mol. The van der Waals surface area contributed by atoms with Gasteiger partial charge in [0.15, 0.2) is 35.2 Å². The summed E-state index contributed by atoms with van der Waals surface area (Å²) in [6.45, 7) is 3.85. The van der Waals surface area contributed by atoms with Crippen molar-refractivity contribution in [2.45, 2.75) is 160 Å². The molecule has 6 unspecified atom stereocenters. The minimum Gasteiger partial charge on any atom is -0.483 e. The number of benzene rings is 4. The van der Waals surface area contributed by atoms with Gasteiger partial charge in [-0.2, -0.15) is 0 Å². The van der Waals surface area contributed by atoms with Crippen molar-refractivity contribution < 1.29 is 84.8 Å². The van der Waals surface area contributed by atoms with Gasteiger partial charge in [0.25, 0.3) is 0 Å². The molecule has 4 aliphatic heterocycles. The highest BCUT2D eigenvalue weighted by Crippen LogP contribution is 2.68. The normalized spacial score (nSPS) is 31.7. The maximum absolute atomic E-state index is 14.2. The van der Waals surface area contributed by atoms with Crippen LogP contribution in [0.3, 0.4) is 0 Å². The van der Waals surface area contributed by atoms with E-state index in [4.69, 9.17) is 18.9 Å². The molecular weight excluding hydrogens is 1150 g/mol. The summed E-state index contributed by atoms with van der Waals surface area (Å²) in [7, 11) is 3.84. The molecule has 4 heterocycles. The van der Waals surface area contributed by atoms with Crippen LogP contribution in [0, 0.1) is 11.8 Å². The molecule has 2 spiro atoms. The Morgan fingerprint density at radius 2 is 1.02 bits per heavy atom. The topological polar surface area (TPSA) is 183 Å². The number of aliphatic hydroxyl groups excluding tert-OH is 2. The van der Waals surface area contributed by atoms with Crippen LogP contribution in [0.25, 0.3) is 12.2 Å². The number of carbonyl (C=O) groups excluding carboxylic acids is 2. The van der Waals surface area contributed by atoms with E-state index in [0.29, 0.717) is 101 Å². The number of alkyl halides is 6. The molecule has 4 aromatic rings. The third-order valence-corrected chi connectivity index (χ3v) is 21.4. The number of ether oxygens (including phenoxy) is 6. The highest BCUT2D eigenvalue weighted by Gasteiger charge is 2.75. The van der Waals surface area contributed by atoms with E-state index < -0.39 is 71.1 Å². The molecule has 12 atom stereocenters. The lowest BCUT2D eigenvalue weighted by atomic mass is 9.48. The summed E-state index contributed by atoms with van der Waals surface area (Å²) in [6.07, 6.45) is -0.192. The van der Waals surface area contributed by atoms with Gasteiger partial charge in [0.2, 0.25) is 0 Å². The summed E-state index contributed by atoms with van der Waals surface area (Å²) in [5, 5.41) is 49.8. The zero-order chi connectivity index (χ0) is 61.5. The molecule has 6 aliphatic carbocycles. The van der Waals surface area contributed by atoms with Crippen molar-refractivity contribution in [2.75, 3.05) is 53.4 Å². The number of carbonyl (C=O) groups is 2. The van der Waals surface area contributed by atoms with Gasteiger partial charge in [-0.3, -0.25) is 19.6 Å². The average Bonchev–Trinajstić information content (AvgIpc) is 1.43. The lowest BCUT2D eigenvalue weighted by molar-refractivity contribution is -0.275. The van der Waals surface area contributed by atoms with Crippen LogP contribution < -0.4 is 28.4 Å². The van der Waals surface area contributed by atoms with Crippen LogP contribution in [0.1, 0.15) is 97.6 Å². The molecule has 88 heavy (non-hydrogen) atoms. The standard InChI is InChI=1S/C66H72F6N4O12/c1-73(27-5-9-37-7-3-11-43(31-37)87-65(67,68)69)45-21-23-63(81)49-33-41-17-19-47(55-51(41)61(63,57(45)85-55)25-29-75(49)35-39-13-14-39)83-59(79)53(77)54(78)60(80)84-48-20-18-42-34-50-64(82)24-22-46(74(2)28-6-10-38-8-4-12-44(32-38)88-66(70,71)72)58-62(64,52(42)56(48)86-58)26-30-76(50)36-40-15-16-40/h3-12,17-20,31-32,39-40,45-46,49-50,53-54,57-58,77-78,81-82H,13-16,21-30,33-36H2,1-2H3/b9-5+,10-6+/t45?,46?,49-,50-,53?,54?,57?,58?,61+,62+,63-,64-/m1/s1. The summed E-state index contributed by atoms with van der Waals surface area (Å²) >= 11 is 0. The van der Waals surface area contributed by atoms with Gasteiger partial charge in [0.1, 0.15) is 23.7 Å². The summed E-state index contributed by atoms with van der Waals surface area (Å²) < 4.78 is 112. The van der Waals surface area contributed by atoms with Gasteiger partial charge >= 0.3 is 24.7 Å². The summed E-state index contributed by atoms with van der Waals surface area (Å²) in [5.74, 6) is -1.96. The van der Waals surface area contributed by atoms with Gasteiger partial charge in [-0.25, -0.2) is 9.59 Å². The number of nitrogens with zero attached hydrogens (tertiary/aromatic N) is 4. The molecule has 16 nitrogen and oxygen atoms in total. The molecule has 22 heteroatoms. The van der Waals surface area contributed by atoms with Crippen molar-refractivity contribution >= 4 is 24.1 Å². The maximum atomic E-state index is 14.2. The zero-order valence-electron chi connectivity index (χ0n) is 48.9. The first-order valence-electron chi connectivity index (χ1n) is 30.8. The number of esters is 2. The number of hydrogen-bond acceptors (Lipinski definition) is 16. The number of likely N-dealkylation sites (N-methyl/N-ethyl adjacent to an activating group) is 2. The van der Waals surface area contributed by atoms with E-state index in [9.17, 15) is 56.4 Å². The second-order valence-corrected chi connectivity index (χ2v) is 26.4. The van der Waals surface area contributed by atoms with Gasteiger partial charge in [-0.1, -0.05) is 60.7 Å². The van der Waals surface area contributed by atoms with Crippen molar-refractivity contribution in [1.29, 1.82) is 0 Å². The fraction of sp³-hybridized carbons (Fsp3) is 0.545. The Bertz CT molecular complexity index is 3240. The van der Waals surface area contributed by atoms with Crippen LogP contribution in [0.5, 0.6) is 34.5 Å². The largest absolute Gasteiger partial charge is 0.573 e. The number of piperidine rings is 2. The smallest absolute Gasteiger partial charge is 0.483 e. The molecule has 6 fully saturated rings. The highest BCUT2D eigenvalue weighted by atomic mass is 19.4. The second-order valence-electron chi connectivity index (χ2n) is 26.4. The van der Waals surface area contributed by atoms with Crippen molar-refractivity contribution in [3.05, 3.63) is 118 Å². The monoisotopic (exact) mass is 1230 g/mol. The number of rotatable bonds is 19. The number of aliphatic hydroxyl groups is 4. The Labute approximate surface area is 505 Å². The Morgan fingerprint density at radius 1 is 0.614 bits per heavy atom. The van der Waals surface area contributed by atoms with Crippen LogP contribution in [0.2, 0.25) is 0 Å². The van der Waals surface area contributed by atoms with E-state index in [-0.39, 0.29) is 58.7 Å². The first-order valence-corrected chi connectivity index (χ1v) is 30.8. The summed E-state index contributed by atoms with van der Waals surface area (Å²) in [6, 6.07) is 17.2. The quantitative estimate of drug-likeness (QED) is 0.0404. The van der Waals surface area contributed by atoms with Crippen LogP contribution >= 0.6 is 0 Å². The average molecular weight is 1230 g/mol. The molecule has 4 saturated carbocycles. The molecule has 10 aliphatic rings. The van der Waals surface area contributed by atoms with Gasteiger partial charge < -0.3 is 48.8 Å². The first kappa shape index (κ1) is 59.4. The Balaban J connectivity index is 0.705. The van der Waals surface area contributed by atoms with E-state index >= 15 is 0 Å². The van der Waals surface area contributed by atoms with Gasteiger partial charge in [-0.15, -0.1) is 26.3 Å². The first-order chi connectivity index (χ1) is 42.0. The molecule has 470 valence electrons. The van der Waals surface area contributed by atoms with Gasteiger partial charge in [0.05, 0.1) is 22.0 Å². The molecule has 2 saturated heterocycles. The number of likely N-dealkylation sites (tertiary alicyclic amines) is 2. The summed E-state index contributed by atoms with van der Waals surface area (Å²) in [4.78, 5) is 37.4. The molecular formula is C66H72F6N4O12. The Kier molecular flexibility index (Phi) is 14.7. The molecule has 4 N–H and O–H groups in total. The summed E-state index contributed by atoms with van der Waals surface area (Å²) in [5.41, 5.74) is -0.0692. The highest BCUT2D eigenvalue weighted by molar-refractivity contribution is 5.88. The Morgan fingerprint density at radius 3 is 1.41 bits per heavy atom. The molecule has 4 bridgehead atoms. The zero-order valence-corrected chi connectivity index (χ0v) is 48.9. The van der Waals surface area contributed by atoms with Crippen LogP contribution in [0.4, 0.5) is 26.3 Å². The van der Waals surface area contributed by atoms with E-state index in [0.717, 1.165) is 61.0 Å². The second kappa shape index (κ2) is 21.7. The SMILES string of the molecule is CN(C/C=C/c1cccc(OC(F)(F)F)c1)C1CC[C@@]2(O)[C@H]3Cc4ccc(OC(=O)C(O)C(O)C(=O)Oc5ccc6c7c5OC5C(N(C)C/C=C/c8cccc(OC(F)(F)F)c8)CC[C@@]8(O)[C@@H](C6)N(CC6CC6)CC[C@]758)c5c4[C@@]2(CCN3CC2CC2)C1O5. The minimum atomic E-state index is -4.84. The van der Waals surface area contributed by atoms with E-state index in [1.54, 1.807) is 36.4 Å². The third-order valence-electron chi connectivity index (χ3n) is 21.4. The van der Waals surface area contributed by atoms with Crippen LogP contribution in [-0.4, -0.2) is 178 Å². The van der Waals surface area contributed by atoms with E-state index in [1.807, 2.05) is 38.4 Å². The van der Waals surface area contributed by atoms with Crippen LogP contribution in [0.15, 0.2) is 84.9 Å². The van der Waals surface area contributed by atoms with Gasteiger partial charge in [0, 0.05) is 61.5 Å². The van der Waals surface area contributed by atoms with Crippen molar-refractivity contribution in [2.24, 2.45) is 11.8 Å². The molecule has 0 amide bonds. The third kappa shape index (κ3) is 10.1. The Hall–Kier alpha value is -6.24. The fourth-order valence-electron chi connectivity index (χ4n) is 17.2. The lowest BCUT2D eigenvalue weighted by Gasteiger charge is -2.64. The van der Waals surface area contributed by atoms with Crippen molar-refractivity contribution in [1.82, 2.24) is 19.6 Å². The predicted octanol–water partition coefficient (Wildman–Crippen LogP) is 7.87. The molecule has 4 aromatic carbocycles. The van der Waals surface area contributed by atoms with Crippen molar-refractivity contribution in [3.63, 3.8) is 0 Å². The maximum Gasteiger partial charge on any atom is 0.573 e. The lowest BCUT2D eigenvalue weighted by Crippen LogP contribution is -2.78. The molecule has 0 aromatic heterocycles. The fourth-order valence-corrected chi connectivity index (χ4v) is 17.2. The van der Waals surface area contributed by atoms with E-state index in [1.165, 1.54) is 36.4 Å². The molecule has 0 radical (unpaired) electrons. The number of hydrogen-bond donors (Lipinski definition) is 4. The van der Waals surface area contributed by atoms with E-state index in [2.05, 4.69) is 29.1 Å².